The molecular weight excluding hydrogens is 470 g/mol. The number of benzene rings is 2. The molecule has 10 heteroatoms. The number of ether oxygens (including phenoxy) is 3. The highest BCUT2D eigenvalue weighted by Gasteiger charge is 2.36. The summed E-state index contributed by atoms with van der Waals surface area (Å²) in [4.78, 5) is 17.4. The molecule has 0 radical (unpaired) electrons. The summed E-state index contributed by atoms with van der Waals surface area (Å²) in [7, 11) is 0.818. The molecule has 0 spiro atoms. The second-order valence-corrected chi connectivity index (χ2v) is 10.6. The summed E-state index contributed by atoms with van der Waals surface area (Å²) in [6.07, 6.45) is 1.01. The van der Waals surface area contributed by atoms with Crippen LogP contribution in [0.15, 0.2) is 47.4 Å². The molecule has 9 nitrogen and oxygen atoms in total. The largest absolute Gasteiger partial charge is 0.497 e. The Morgan fingerprint density at radius 1 is 0.800 bits per heavy atom. The van der Waals surface area contributed by atoms with Crippen molar-refractivity contribution in [2.45, 2.75) is 17.7 Å². The Hall–Kier alpha value is -2.98. The zero-order valence-corrected chi connectivity index (χ0v) is 21.3. The maximum absolute atomic E-state index is 13.3. The lowest BCUT2D eigenvalue weighted by atomic mass is 9.96. The SMILES string of the molecule is COc1ccc(N2CCN(C(=O)C3CCN(S(=O)(=O)c4cc(OC)ccc4OC)CC3)CC2)cc1. The van der Waals surface area contributed by atoms with Crippen LogP contribution >= 0.6 is 0 Å². The Kier molecular flexibility index (Phi) is 7.71. The molecule has 0 atom stereocenters. The fourth-order valence-electron chi connectivity index (χ4n) is 4.70. The molecule has 0 aliphatic carbocycles. The maximum Gasteiger partial charge on any atom is 0.246 e. The molecule has 0 aromatic heterocycles. The Labute approximate surface area is 207 Å². The summed E-state index contributed by atoms with van der Waals surface area (Å²) in [6.45, 7) is 3.44. The van der Waals surface area contributed by atoms with Crippen LogP contribution in [0.4, 0.5) is 5.69 Å². The first-order valence-corrected chi connectivity index (χ1v) is 13.2. The Morgan fingerprint density at radius 3 is 1.97 bits per heavy atom. The fourth-order valence-corrected chi connectivity index (χ4v) is 6.34. The molecule has 2 fully saturated rings. The smallest absolute Gasteiger partial charge is 0.246 e. The van der Waals surface area contributed by atoms with Crippen LogP contribution < -0.4 is 19.1 Å². The van der Waals surface area contributed by atoms with Gasteiger partial charge in [-0.3, -0.25) is 4.79 Å². The molecule has 0 saturated carbocycles. The van der Waals surface area contributed by atoms with Crippen molar-refractivity contribution in [3.63, 3.8) is 0 Å². The van der Waals surface area contributed by atoms with Crippen LogP contribution in [-0.4, -0.2) is 84.1 Å². The first-order chi connectivity index (χ1) is 16.9. The summed E-state index contributed by atoms with van der Waals surface area (Å²) in [5.41, 5.74) is 1.12. The van der Waals surface area contributed by atoms with Gasteiger partial charge in [-0.25, -0.2) is 8.42 Å². The highest BCUT2D eigenvalue weighted by atomic mass is 32.2. The summed E-state index contributed by atoms with van der Waals surface area (Å²) in [5.74, 6) is 1.50. The van der Waals surface area contributed by atoms with Gasteiger partial charge in [0.2, 0.25) is 15.9 Å². The van der Waals surface area contributed by atoms with Gasteiger partial charge in [0.25, 0.3) is 0 Å². The van der Waals surface area contributed by atoms with E-state index in [1.165, 1.54) is 24.6 Å². The molecule has 2 aromatic rings. The van der Waals surface area contributed by atoms with Gasteiger partial charge in [0.1, 0.15) is 22.1 Å². The van der Waals surface area contributed by atoms with Crippen molar-refractivity contribution in [1.29, 1.82) is 0 Å². The van der Waals surface area contributed by atoms with Crippen LogP contribution in [0, 0.1) is 5.92 Å². The van der Waals surface area contributed by atoms with Crippen LogP contribution in [-0.2, 0) is 14.8 Å². The van der Waals surface area contributed by atoms with Crippen LogP contribution in [0.5, 0.6) is 17.2 Å². The van der Waals surface area contributed by atoms with Crippen LogP contribution in [0.3, 0.4) is 0 Å². The minimum atomic E-state index is -3.77. The van der Waals surface area contributed by atoms with E-state index < -0.39 is 10.0 Å². The lowest BCUT2D eigenvalue weighted by Crippen LogP contribution is -2.52. The molecule has 0 bridgehead atoms. The number of hydrogen-bond acceptors (Lipinski definition) is 7. The molecule has 2 saturated heterocycles. The number of amides is 1. The molecule has 190 valence electrons. The molecule has 4 rings (SSSR count). The average Bonchev–Trinajstić information content (AvgIpc) is 2.92. The van der Waals surface area contributed by atoms with Crippen molar-refractivity contribution in [2.75, 3.05) is 65.5 Å². The second kappa shape index (κ2) is 10.7. The molecule has 0 N–H and O–H groups in total. The van der Waals surface area contributed by atoms with Crippen molar-refractivity contribution in [3.05, 3.63) is 42.5 Å². The summed E-state index contributed by atoms with van der Waals surface area (Å²) in [6, 6.07) is 12.7. The average molecular weight is 504 g/mol. The number of carbonyl (C=O) groups is 1. The van der Waals surface area contributed by atoms with Crippen molar-refractivity contribution in [1.82, 2.24) is 9.21 Å². The third kappa shape index (κ3) is 5.33. The van der Waals surface area contributed by atoms with Crippen LogP contribution in [0.1, 0.15) is 12.8 Å². The first-order valence-electron chi connectivity index (χ1n) is 11.8. The molecule has 2 heterocycles. The second-order valence-electron chi connectivity index (χ2n) is 8.71. The minimum absolute atomic E-state index is 0.0822. The highest BCUT2D eigenvalue weighted by molar-refractivity contribution is 7.89. The quantitative estimate of drug-likeness (QED) is 0.574. The molecule has 35 heavy (non-hydrogen) atoms. The number of piperidine rings is 1. The van der Waals surface area contributed by atoms with Gasteiger partial charge in [-0.2, -0.15) is 4.31 Å². The van der Waals surface area contributed by atoms with E-state index >= 15 is 0 Å². The lowest BCUT2D eigenvalue weighted by Gasteiger charge is -2.39. The lowest BCUT2D eigenvalue weighted by molar-refractivity contribution is -0.137. The molecule has 1 amide bonds. The third-order valence-electron chi connectivity index (χ3n) is 6.82. The molecule has 2 aliphatic heterocycles. The fraction of sp³-hybridized carbons (Fsp3) is 0.480. The topological polar surface area (TPSA) is 88.6 Å². The third-order valence-corrected chi connectivity index (χ3v) is 8.74. The number of carbonyl (C=O) groups excluding carboxylic acids is 1. The summed E-state index contributed by atoms with van der Waals surface area (Å²) < 4.78 is 43.8. The molecular formula is C25H33N3O6S. The Bertz CT molecular complexity index is 1120. The van der Waals surface area contributed by atoms with E-state index in [2.05, 4.69) is 4.90 Å². The Morgan fingerprint density at radius 2 is 1.40 bits per heavy atom. The number of piperazine rings is 1. The van der Waals surface area contributed by atoms with Gasteiger partial charge in [-0.15, -0.1) is 0 Å². The van der Waals surface area contributed by atoms with Gasteiger partial charge in [0, 0.05) is 56.9 Å². The minimum Gasteiger partial charge on any atom is -0.497 e. The van der Waals surface area contributed by atoms with E-state index in [0.717, 1.165) is 24.5 Å². The maximum atomic E-state index is 13.3. The zero-order valence-electron chi connectivity index (χ0n) is 20.5. The number of nitrogens with zero attached hydrogens (tertiary/aromatic N) is 3. The van der Waals surface area contributed by atoms with E-state index in [9.17, 15) is 13.2 Å². The van der Waals surface area contributed by atoms with E-state index in [4.69, 9.17) is 14.2 Å². The van der Waals surface area contributed by atoms with E-state index in [0.29, 0.717) is 44.8 Å². The number of sulfonamides is 1. The molecule has 0 unspecified atom stereocenters. The van der Waals surface area contributed by atoms with E-state index in [1.807, 2.05) is 29.2 Å². The zero-order chi connectivity index (χ0) is 25.0. The van der Waals surface area contributed by atoms with Gasteiger partial charge >= 0.3 is 0 Å². The van der Waals surface area contributed by atoms with Gasteiger partial charge < -0.3 is 24.0 Å². The normalized spacial score (nSPS) is 17.8. The standard InChI is InChI=1S/C25H33N3O6S/c1-32-21-6-4-20(5-7-21)26-14-16-27(17-15-26)25(29)19-10-12-28(13-11-19)35(30,31)24-18-22(33-2)8-9-23(24)34-3/h4-9,18-19H,10-17H2,1-3H3. The van der Waals surface area contributed by atoms with Crippen molar-refractivity contribution >= 4 is 21.6 Å². The number of methoxy groups -OCH3 is 3. The van der Waals surface area contributed by atoms with Crippen molar-refractivity contribution in [2.24, 2.45) is 5.92 Å². The van der Waals surface area contributed by atoms with Crippen molar-refractivity contribution in [3.8, 4) is 17.2 Å². The predicted molar refractivity (Wildman–Crippen MR) is 133 cm³/mol. The van der Waals surface area contributed by atoms with E-state index in [-0.39, 0.29) is 22.5 Å². The number of rotatable bonds is 7. The van der Waals surface area contributed by atoms with Gasteiger partial charge in [-0.1, -0.05) is 0 Å². The predicted octanol–water partition coefficient (Wildman–Crippen LogP) is 2.46. The number of hydrogen-bond donors (Lipinski definition) is 0. The van der Waals surface area contributed by atoms with Gasteiger partial charge in [0.05, 0.1) is 21.3 Å². The van der Waals surface area contributed by atoms with Crippen LogP contribution in [0.25, 0.3) is 0 Å². The molecule has 2 aromatic carbocycles. The monoisotopic (exact) mass is 503 g/mol. The Balaban J connectivity index is 1.34. The summed E-state index contributed by atoms with van der Waals surface area (Å²) in [5, 5.41) is 0. The van der Waals surface area contributed by atoms with Crippen LogP contribution in [0.2, 0.25) is 0 Å². The molecule has 2 aliphatic rings. The van der Waals surface area contributed by atoms with Gasteiger partial charge in [-0.05, 0) is 49.2 Å². The van der Waals surface area contributed by atoms with E-state index in [1.54, 1.807) is 19.2 Å². The number of anilines is 1. The van der Waals surface area contributed by atoms with Gasteiger partial charge in [0.15, 0.2) is 0 Å². The summed E-state index contributed by atoms with van der Waals surface area (Å²) >= 11 is 0. The van der Waals surface area contributed by atoms with Crippen molar-refractivity contribution < 1.29 is 27.4 Å². The highest BCUT2D eigenvalue weighted by Crippen LogP contribution is 2.33. The first kappa shape index (κ1) is 25.1.